The molecule has 1 atom stereocenters. The van der Waals surface area contributed by atoms with E-state index in [9.17, 15) is 9.18 Å². The standard InChI is InChI=1S/C14H13FN2O2S/c15-13-5-10(17-7-11(6-16)19-14(17)18)1-2-12(13)9-3-4-20-8-9/h1-5,8,11H,6-7,16H2. The van der Waals surface area contributed by atoms with Crippen molar-refractivity contribution in [2.75, 3.05) is 18.0 Å². The van der Waals surface area contributed by atoms with Crippen LogP contribution in [0.5, 0.6) is 0 Å². The minimum absolute atomic E-state index is 0.262. The van der Waals surface area contributed by atoms with Gasteiger partial charge in [0.25, 0.3) is 0 Å². The summed E-state index contributed by atoms with van der Waals surface area (Å²) in [6.45, 7) is 0.615. The lowest BCUT2D eigenvalue weighted by atomic mass is 10.1. The number of cyclic esters (lactones) is 1. The Morgan fingerprint density at radius 3 is 2.90 bits per heavy atom. The molecule has 4 nitrogen and oxygen atoms in total. The lowest BCUT2D eigenvalue weighted by molar-refractivity contribution is 0.145. The van der Waals surface area contributed by atoms with Crippen LogP contribution < -0.4 is 10.6 Å². The van der Waals surface area contributed by atoms with Crippen molar-refractivity contribution >= 4 is 23.1 Å². The molecule has 1 aromatic heterocycles. The van der Waals surface area contributed by atoms with Crippen molar-refractivity contribution in [3.05, 3.63) is 40.8 Å². The van der Waals surface area contributed by atoms with E-state index in [2.05, 4.69) is 0 Å². The summed E-state index contributed by atoms with van der Waals surface area (Å²) in [5.74, 6) is -0.357. The number of nitrogens with zero attached hydrogens (tertiary/aromatic N) is 1. The van der Waals surface area contributed by atoms with Crippen LogP contribution >= 0.6 is 11.3 Å². The second-order valence-electron chi connectivity index (χ2n) is 4.53. The number of benzene rings is 1. The third-order valence-corrected chi connectivity index (χ3v) is 3.92. The quantitative estimate of drug-likeness (QED) is 0.946. The van der Waals surface area contributed by atoms with Gasteiger partial charge in [-0.15, -0.1) is 0 Å². The van der Waals surface area contributed by atoms with Crippen molar-refractivity contribution in [3.8, 4) is 11.1 Å². The van der Waals surface area contributed by atoms with E-state index in [0.717, 1.165) is 5.56 Å². The molecule has 2 aromatic rings. The molecule has 1 unspecified atom stereocenters. The van der Waals surface area contributed by atoms with Gasteiger partial charge in [-0.05, 0) is 40.6 Å². The summed E-state index contributed by atoms with van der Waals surface area (Å²) >= 11 is 1.51. The highest BCUT2D eigenvalue weighted by atomic mass is 32.1. The molecular formula is C14H13FN2O2S. The lowest BCUT2D eigenvalue weighted by Gasteiger charge is -2.14. The fourth-order valence-electron chi connectivity index (χ4n) is 2.18. The van der Waals surface area contributed by atoms with Crippen molar-refractivity contribution in [2.24, 2.45) is 5.73 Å². The van der Waals surface area contributed by atoms with Crippen molar-refractivity contribution in [1.82, 2.24) is 0 Å². The van der Waals surface area contributed by atoms with E-state index in [4.69, 9.17) is 10.5 Å². The molecule has 3 rings (SSSR count). The molecule has 20 heavy (non-hydrogen) atoms. The largest absolute Gasteiger partial charge is 0.443 e. The minimum atomic E-state index is -0.483. The predicted octanol–water partition coefficient (Wildman–Crippen LogP) is 2.84. The molecule has 1 amide bonds. The molecule has 0 aliphatic carbocycles. The Morgan fingerprint density at radius 1 is 1.45 bits per heavy atom. The lowest BCUT2D eigenvalue weighted by Crippen LogP contribution is -2.27. The summed E-state index contributed by atoms with van der Waals surface area (Å²) in [5.41, 5.74) is 7.33. The van der Waals surface area contributed by atoms with Gasteiger partial charge in [0.1, 0.15) is 11.9 Å². The van der Waals surface area contributed by atoms with Gasteiger partial charge in [-0.2, -0.15) is 11.3 Å². The first kappa shape index (κ1) is 13.1. The molecule has 0 saturated carbocycles. The highest BCUT2D eigenvalue weighted by Crippen LogP contribution is 2.29. The van der Waals surface area contributed by atoms with E-state index >= 15 is 0 Å². The number of thiophene rings is 1. The summed E-state index contributed by atoms with van der Waals surface area (Å²) < 4.78 is 19.2. The van der Waals surface area contributed by atoms with Crippen molar-refractivity contribution in [1.29, 1.82) is 0 Å². The van der Waals surface area contributed by atoms with Crippen LogP contribution in [0.15, 0.2) is 35.0 Å². The maximum Gasteiger partial charge on any atom is 0.414 e. The highest BCUT2D eigenvalue weighted by molar-refractivity contribution is 7.08. The summed E-state index contributed by atoms with van der Waals surface area (Å²) in [5, 5.41) is 3.78. The van der Waals surface area contributed by atoms with Gasteiger partial charge in [0.2, 0.25) is 0 Å². The van der Waals surface area contributed by atoms with Gasteiger partial charge < -0.3 is 10.5 Å². The number of carbonyl (C=O) groups is 1. The zero-order valence-corrected chi connectivity index (χ0v) is 11.4. The fourth-order valence-corrected chi connectivity index (χ4v) is 2.83. The van der Waals surface area contributed by atoms with Crippen LogP contribution in [0, 0.1) is 5.82 Å². The smallest absolute Gasteiger partial charge is 0.414 e. The first-order valence-electron chi connectivity index (χ1n) is 6.19. The van der Waals surface area contributed by atoms with Crippen LogP contribution in [0.25, 0.3) is 11.1 Å². The van der Waals surface area contributed by atoms with E-state index in [1.807, 2.05) is 16.8 Å². The van der Waals surface area contributed by atoms with E-state index in [0.29, 0.717) is 17.8 Å². The number of rotatable bonds is 3. The summed E-state index contributed by atoms with van der Waals surface area (Å²) in [6.07, 6.45) is -0.815. The third kappa shape index (κ3) is 2.28. The summed E-state index contributed by atoms with van der Waals surface area (Å²) in [7, 11) is 0. The van der Waals surface area contributed by atoms with Crippen LogP contribution in [0.4, 0.5) is 14.9 Å². The second kappa shape index (κ2) is 5.22. The molecule has 2 N–H and O–H groups in total. The Balaban J connectivity index is 1.89. The van der Waals surface area contributed by atoms with Crippen LogP contribution in [0.1, 0.15) is 0 Å². The van der Waals surface area contributed by atoms with E-state index in [-0.39, 0.29) is 18.5 Å². The van der Waals surface area contributed by atoms with Crippen molar-refractivity contribution in [2.45, 2.75) is 6.10 Å². The maximum absolute atomic E-state index is 14.2. The van der Waals surface area contributed by atoms with Gasteiger partial charge >= 0.3 is 6.09 Å². The minimum Gasteiger partial charge on any atom is -0.443 e. The number of amides is 1. The molecule has 0 spiro atoms. The second-order valence-corrected chi connectivity index (χ2v) is 5.31. The molecule has 104 valence electrons. The molecule has 1 saturated heterocycles. The monoisotopic (exact) mass is 292 g/mol. The fraction of sp³-hybridized carbons (Fsp3) is 0.214. The van der Waals surface area contributed by atoms with Crippen LogP contribution in [0.3, 0.4) is 0 Å². The molecule has 1 fully saturated rings. The van der Waals surface area contributed by atoms with Gasteiger partial charge in [0.05, 0.1) is 12.2 Å². The highest BCUT2D eigenvalue weighted by Gasteiger charge is 2.31. The molecule has 0 radical (unpaired) electrons. The number of hydrogen-bond acceptors (Lipinski definition) is 4. The van der Waals surface area contributed by atoms with Crippen LogP contribution in [0.2, 0.25) is 0 Å². The molecule has 1 aliphatic heterocycles. The number of nitrogens with two attached hydrogens (primary N) is 1. The Bertz CT molecular complexity index is 630. The number of hydrogen-bond donors (Lipinski definition) is 1. The van der Waals surface area contributed by atoms with E-state index < -0.39 is 6.09 Å². The zero-order chi connectivity index (χ0) is 14.1. The van der Waals surface area contributed by atoms with E-state index in [1.54, 1.807) is 12.1 Å². The molecule has 0 bridgehead atoms. The SMILES string of the molecule is NCC1CN(c2ccc(-c3ccsc3)c(F)c2)C(=O)O1. The van der Waals surface area contributed by atoms with Crippen LogP contribution in [-0.4, -0.2) is 25.3 Å². The zero-order valence-electron chi connectivity index (χ0n) is 10.6. The summed E-state index contributed by atoms with van der Waals surface area (Å²) in [4.78, 5) is 13.1. The number of ether oxygens (including phenoxy) is 1. The molecule has 1 aromatic carbocycles. The Labute approximate surface area is 119 Å². The average Bonchev–Trinajstić information content (AvgIpc) is 3.07. The Hall–Kier alpha value is -1.92. The van der Waals surface area contributed by atoms with Gasteiger partial charge in [0.15, 0.2) is 0 Å². The maximum atomic E-state index is 14.2. The predicted molar refractivity (Wildman–Crippen MR) is 76.4 cm³/mol. The number of halogens is 1. The average molecular weight is 292 g/mol. The van der Waals surface area contributed by atoms with Gasteiger partial charge in [-0.1, -0.05) is 0 Å². The normalized spacial score (nSPS) is 18.4. The molecule has 2 heterocycles. The third-order valence-electron chi connectivity index (χ3n) is 3.23. The molecule has 1 aliphatic rings. The number of carbonyl (C=O) groups excluding carboxylic acids is 1. The van der Waals surface area contributed by atoms with Gasteiger partial charge in [-0.3, -0.25) is 4.90 Å². The summed E-state index contributed by atoms with van der Waals surface area (Å²) in [6, 6.07) is 6.61. The van der Waals surface area contributed by atoms with Crippen LogP contribution in [-0.2, 0) is 4.74 Å². The number of anilines is 1. The first-order chi connectivity index (χ1) is 9.69. The molecular weight excluding hydrogens is 279 g/mol. The Morgan fingerprint density at radius 2 is 2.30 bits per heavy atom. The van der Waals surface area contributed by atoms with Crippen molar-refractivity contribution in [3.63, 3.8) is 0 Å². The van der Waals surface area contributed by atoms with Gasteiger partial charge in [-0.25, -0.2) is 9.18 Å². The van der Waals surface area contributed by atoms with E-state index in [1.165, 1.54) is 22.3 Å². The van der Waals surface area contributed by atoms with Gasteiger partial charge in [0, 0.05) is 12.1 Å². The van der Waals surface area contributed by atoms with Crippen molar-refractivity contribution < 1.29 is 13.9 Å². The molecule has 6 heteroatoms. The first-order valence-corrected chi connectivity index (χ1v) is 7.13. The Kier molecular flexibility index (Phi) is 3.42. The topological polar surface area (TPSA) is 55.6 Å².